The summed E-state index contributed by atoms with van der Waals surface area (Å²) in [7, 11) is -1.34. The zero-order valence-electron chi connectivity index (χ0n) is 17.6. The van der Waals surface area contributed by atoms with Crippen LogP contribution in [0.3, 0.4) is 0 Å². The van der Waals surface area contributed by atoms with E-state index < -0.39 is 7.12 Å². The third-order valence-corrected chi connectivity index (χ3v) is 5.37. The van der Waals surface area contributed by atoms with Crippen LogP contribution in [-0.2, 0) is 0 Å². The summed E-state index contributed by atoms with van der Waals surface area (Å²) in [5, 5.41) is 33.1. The molecule has 0 aliphatic carbocycles. The zero-order valence-corrected chi connectivity index (χ0v) is 20.8. The van der Waals surface area contributed by atoms with Crippen molar-refractivity contribution in [2.24, 2.45) is 20.4 Å². The zero-order chi connectivity index (χ0) is 23.5. The minimum atomic E-state index is -1.34. The summed E-state index contributed by atoms with van der Waals surface area (Å²) in [5.41, 5.74) is 4.93. The molecular formula is C24H21BBr2N4O2. The van der Waals surface area contributed by atoms with Crippen molar-refractivity contribution in [2.45, 2.75) is 12.8 Å². The summed E-state index contributed by atoms with van der Waals surface area (Å²) < 4.78 is 1.78. The number of hydrogen-bond donors (Lipinski definition) is 2. The molecule has 3 aromatic carbocycles. The summed E-state index contributed by atoms with van der Waals surface area (Å²) in [6, 6.07) is 29.1. The van der Waals surface area contributed by atoms with E-state index in [9.17, 15) is 0 Å². The Hall–Kier alpha value is -2.72. The van der Waals surface area contributed by atoms with Crippen LogP contribution in [0.1, 0.15) is 24.0 Å². The summed E-state index contributed by atoms with van der Waals surface area (Å²) in [6.07, 6.45) is 1.62. The van der Waals surface area contributed by atoms with Crippen LogP contribution in [0.2, 0.25) is 0 Å². The van der Waals surface area contributed by atoms with E-state index in [-0.39, 0.29) is 0 Å². The van der Waals surface area contributed by atoms with E-state index in [4.69, 9.17) is 10.0 Å². The third-order valence-electron chi connectivity index (χ3n) is 4.50. The average Bonchev–Trinajstić information content (AvgIpc) is 3.50. The predicted molar refractivity (Wildman–Crippen MR) is 144 cm³/mol. The highest BCUT2D eigenvalue weighted by atomic mass is 79.9. The van der Waals surface area contributed by atoms with Gasteiger partial charge in [0.25, 0.3) is 0 Å². The first-order valence-electron chi connectivity index (χ1n) is 10.1. The molecule has 0 bridgehead atoms. The Morgan fingerprint density at radius 3 is 1.24 bits per heavy atom. The van der Waals surface area contributed by atoms with Crippen molar-refractivity contribution in [2.75, 3.05) is 0 Å². The molecule has 2 aliphatic rings. The quantitative estimate of drug-likeness (QED) is 0.455. The lowest BCUT2D eigenvalue weighted by Gasteiger charge is -2.01. The van der Waals surface area contributed by atoms with Crippen molar-refractivity contribution in [3.05, 3.63) is 102 Å². The van der Waals surface area contributed by atoms with E-state index in [1.165, 1.54) is 0 Å². The maximum atomic E-state index is 8.58. The normalized spacial score (nSPS) is 13.9. The Morgan fingerprint density at radius 2 is 0.939 bits per heavy atom. The number of benzene rings is 3. The minimum Gasteiger partial charge on any atom is -0.423 e. The summed E-state index contributed by atoms with van der Waals surface area (Å²) in [5.74, 6) is 0. The van der Waals surface area contributed by atoms with Crippen LogP contribution in [0.25, 0.3) is 0 Å². The minimum absolute atomic E-state index is 0.525. The van der Waals surface area contributed by atoms with Crippen LogP contribution >= 0.6 is 31.9 Å². The maximum Gasteiger partial charge on any atom is 0.488 e. The molecule has 0 aromatic heterocycles. The summed E-state index contributed by atoms with van der Waals surface area (Å²) >= 11 is 6.37. The van der Waals surface area contributed by atoms with Gasteiger partial charge in [-0.05, 0) is 48.4 Å². The van der Waals surface area contributed by atoms with E-state index in [1.807, 2.05) is 42.5 Å². The van der Waals surface area contributed by atoms with Crippen LogP contribution in [0.4, 0.5) is 0 Å². The smallest absolute Gasteiger partial charge is 0.423 e. The first-order chi connectivity index (χ1) is 16.0. The fraction of sp³-hybridized carbons (Fsp3) is 0.0833. The van der Waals surface area contributed by atoms with E-state index in [0.29, 0.717) is 5.46 Å². The van der Waals surface area contributed by atoms with Crippen molar-refractivity contribution in [1.29, 1.82) is 0 Å². The molecule has 0 saturated heterocycles. The molecule has 0 unspecified atom stereocenters. The van der Waals surface area contributed by atoms with Gasteiger partial charge in [0.05, 0.1) is 11.4 Å². The highest BCUT2D eigenvalue weighted by Crippen LogP contribution is 2.16. The number of rotatable bonds is 3. The van der Waals surface area contributed by atoms with Gasteiger partial charge in [-0.2, -0.15) is 10.2 Å². The van der Waals surface area contributed by atoms with Gasteiger partial charge < -0.3 is 10.0 Å². The second kappa shape index (κ2) is 13.1. The molecule has 166 valence electrons. The Balaban J connectivity index is 0.000000160. The average molecular weight is 568 g/mol. The van der Waals surface area contributed by atoms with Crippen molar-refractivity contribution in [3.8, 4) is 0 Å². The summed E-state index contributed by atoms with van der Waals surface area (Å²) in [6.45, 7) is 0. The van der Waals surface area contributed by atoms with Crippen LogP contribution in [0.5, 0.6) is 0 Å². The standard InChI is InChI=1S/C15H12N2.C6H7BO2.C3H2Br2N2/c1-3-7-12(8-4-1)14-11-15(17-16-14)13-9-5-2-6-10-13;8-7(9)6-4-2-1-3-5-6;4-2-1-3(5)7-6-2/h1-10H,11H2;1-5,8-9H;1H2. The molecule has 0 fully saturated rings. The topological polar surface area (TPSA) is 89.9 Å². The van der Waals surface area contributed by atoms with Gasteiger partial charge in [-0.25, -0.2) is 0 Å². The van der Waals surface area contributed by atoms with Gasteiger partial charge in [-0.3, -0.25) is 0 Å². The van der Waals surface area contributed by atoms with Gasteiger partial charge in [0.15, 0.2) is 0 Å². The van der Waals surface area contributed by atoms with Crippen molar-refractivity contribution >= 4 is 65.1 Å². The monoisotopic (exact) mass is 566 g/mol. The third kappa shape index (κ3) is 8.29. The molecule has 5 rings (SSSR count). The van der Waals surface area contributed by atoms with Gasteiger partial charge in [0.1, 0.15) is 9.24 Å². The van der Waals surface area contributed by atoms with Crippen LogP contribution in [0.15, 0.2) is 111 Å². The first-order valence-corrected chi connectivity index (χ1v) is 11.7. The van der Waals surface area contributed by atoms with E-state index in [0.717, 1.165) is 44.6 Å². The lowest BCUT2D eigenvalue weighted by Crippen LogP contribution is -2.29. The van der Waals surface area contributed by atoms with Gasteiger partial charge in [0.2, 0.25) is 0 Å². The number of nitrogens with zero attached hydrogens (tertiary/aromatic N) is 4. The largest absolute Gasteiger partial charge is 0.488 e. The molecule has 2 N–H and O–H groups in total. The Bertz CT molecular complexity index is 1080. The lowest BCUT2D eigenvalue weighted by molar-refractivity contribution is 0.426. The van der Waals surface area contributed by atoms with E-state index in [2.05, 4.69) is 76.5 Å². The molecule has 33 heavy (non-hydrogen) atoms. The second-order valence-electron chi connectivity index (χ2n) is 6.92. The summed E-state index contributed by atoms with van der Waals surface area (Å²) in [4.78, 5) is 0. The number of hydrogen-bond acceptors (Lipinski definition) is 6. The molecule has 2 aliphatic heterocycles. The van der Waals surface area contributed by atoms with Crippen LogP contribution in [-0.4, -0.2) is 37.8 Å². The predicted octanol–water partition coefficient (Wildman–Crippen LogP) is 4.54. The molecule has 2 heterocycles. The fourth-order valence-corrected chi connectivity index (χ4v) is 3.92. The molecule has 6 nitrogen and oxygen atoms in total. The molecule has 9 heteroatoms. The van der Waals surface area contributed by atoms with Gasteiger partial charge in [0, 0.05) is 12.8 Å². The maximum absolute atomic E-state index is 8.58. The van der Waals surface area contributed by atoms with Gasteiger partial charge in [-0.1, -0.05) is 91.0 Å². The first kappa shape index (κ1) is 24.9. The second-order valence-corrected chi connectivity index (χ2v) is 8.75. The van der Waals surface area contributed by atoms with Crippen LogP contribution < -0.4 is 5.46 Å². The molecule has 0 atom stereocenters. The molecular weight excluding hydrogens is 547 g/mol. The highest BCUT2D eigenvalue weighted by molar-refractivity contribution is 9.19. The molecule has 0 spiro atoms. The van der Waals surface area contributed by atoms with Crippen molar-refractivity contribution < 1.29 is 10.0 Å². The highest BCUT2D eigenvalue weighted by Gasteiger charge is 2.15. The fourth-order valence-electron chi connectivity index (χ4n) is 2.86. The van der Waals surface area contributed by atoms with Gasteiger partial charge >= 0.3 is 7.12 Å². The van der Waals surface area contributed by atoms with E-state index in [1.54, 1.807) is 24.3 Å². The van der Waals surface area contributed by atoms with E-state index >= 15 is 0 Å². The van der Waals surface area contributed by atoms with Gasteiger partial charge in [-0.15, -0.1) is 10.2 Å². The van der Waals surface area contributed by atoms with Crippen molar-refractivity contribution in [1.82, 2.24) is 0 Å². The number of halogens is 2. The lowest BCUT2D eigenvalue weighted by atomic mass is 9.81. The Kier molecular flexibility index (Phi) is 9.89. The SMILES string of the molecule is BrC1=NN=C(Br)C1.OB(O)c1ccccc1.c1ccc(C2=NN=C(c3ccccc3)C2)cc1. The van der Waals surface area contributed by atoms with Crippen molar-refractivity contribution in [3.63, 3.8) is 0 Å². The van der Waals surface area contributed by atoms with Crippen LogP contribution in [0, 0.1) is 0 Å². The molecule has 0 radical (unpaired) electrons. The molecule has 0 saturated carbocycles. The molecule has 3 aromatic rings. The Morgan fingerprint density at radius 1 is 0.545 bits per heavy atom. The Labute approximate surface area is 209 Å². The molecule has 0 amide bonds.